The van der Waals surface area contributed by atoms with E-state index in [0.717, 1.165) is 33.9 Å². The lowest BCUT2D eigenvalue weighted by atomic mass is 10.2. The number of ether oxygens (including phenoxy) is 2. The first-order valence-corrected chi connectivity index (χ1v) is 6.50. The van der Waals surface area contributed by atoms with Crippen LogP contribution in [-0.4, -0.2) is 24.2 Å². The third-order valence-corrected chi connectivity index (χ3v) is 3.20. The molecule has 5 nitrogen and oxygen atoms in total. The number of hydrogen-bond acceptors (Lipinski definition) is 5. The highest BCUT2D eigenvalue weighted by atomic mass is 16.5. The summed E-state index contributed by atoms with van der Waals surface area (Å²) < 4.78 is 10.6. The molecule has 2 aromatic carbocycles. The lowest BCUT2D eigenvalue weighted by Gasteiger charge is -2.12. The first kappa shape index (κ1) is 13.2. The van der Waals surface area contributed by atoms with E-state index in [1.54, 1.807) is 14.2 Å². The smallest absolute Gasteiger partial charge is 0.142 e. The summed E-state index contributed by atoms with van der Waals surface area (Å²) in [5.74, 6) is 2.26. The molecule has 0 aliphatic rings. The Hall–Kier alpha value is -2.82. The van der Waals surface area contributed by atoms with Crippen molar-refractivity contribution in [1.82, 2.24) is 9.97 Å². The van der Waals surface area contributed by atoms with Crippen molar-refractivity contribution < 1.29 is 9.47 Å². The van der Waals surface area contributed by atoms with Crippen molar-refractivity contribution in [2.75, 3.05) is 19.5 Å². The van der Waals surface area contributed by atoms with Gasteiger partial charge in [-0.2, -0.15) is 0 Å². The zero-order valence-corrected chi connectivity index (χ0v) is 11.8. The standard InChI is InChI=1S/C16H15N3O2/c1-20-11-7-8-12-14(9-11)17-10-18-16(12)19-13-5-3-4-6-15(13)21-2/h3-10H,1-2H3,(H,17,18,19). The maximum Gasteiger partial charge on any atom is 0.142 e. The Morgan fingerprint density at radius 2 is 1.81 bits per heavy atom. The quantitative estimate of drug-likeness (QED) is 0.794. The van der Waals surface area contributed by atoms with E-state index in [2.05, 4.69) is 15.3 Å². The number of aromatic nitrogens is 2. The van der Waals surface area contributed by atoms with Gasteiger partial charge >= 0.3 is 0 Å². The molecule has 21 heavy (non-hydrogen) atoms. The fourth-order valence-corrected chi connectivity index (χ4v) is 2.14. The topological polar surface area (TPSA) is 56.3 Å². The second-order valence-corrected chi connectivity index (χ2v) is 4.43. The highest BCUT2D eigenvalue weighted by Crippen LogP contribution is 2.30. The van der Waals surface area contributed by atoms with E-state index >= 15 is 0 Å². The number of benzene rings is 2. The number of para-hydroxylation sites is 2. The fourth-order valence-electron chi connectivity index (χ4n) is 2.14. The Bertz CT molecular complexity index is 774. The number of hydrogen-bond donors (Lipinski definition) is 1. The van der Waals surface area contributed by atoms with Crippen LogP contribution in [0.1, 0.15) is 0 Å². The van der Waals surface area contributed by atoms with Crippen LogP contribution in [0.15, 0.2) is 48.8 Å². The molecule has 0 radical (unpaired) electrons. The van der Waals surface area contributed by atoms with E-state index < -0.39 is 0 Å². The maximum atomic E-state index is 5.34. The number of rotatable bonds is 4. The molecule has 0 saturated heterocycles. The van der Waals surface area contributed by atoms with E-state index in [4.69, 9.17) is 9.47 Å². The van der Waals surface area contributed by atoms with Crippen molar-refractivity contribution in [2.24, 2.45) is 0 Å². The van der Waals surface area contributed by atoms with Gasteiger partial charge in [-0.25, -0.2) is 9.97 Å². The van der Waals surface area contributed by atoms with Crippen LogP contribution in [-0.2, 0) is 0 Å². The van der Waals surface area contributed by atoms with Gasteiger partial charge < -0.3 is 14.8 Å². The van der Waals surface area contributed by atoms with Gasteiger partial charge in [-0.05, 0) is 24.3 Å². The first-order valence-electron chi connectivity index (χ1n) is 6.50. The van der Waals surface area contributed by atoms with Crippen LogP contribution in [0.2, 0.25) is 0 Å². The molecule has 0 bridgehead atoms. The molecule has 0 spiro atoms. The molecule has 0 fully saturated rings. The third-order valence-electron chi connectivity index (χ3n) is 3.20. The van der Waals surface area contributed by atoms with Gasteiger partial charge in [-0.15, -0.1) is 0 Å². The van der Waals surface area contributed by atoms with Crippen molar-refractivity contribution >= 4 is 22.4 Å². The number of methoxy groups -OCH3 is 2. The Kier molecular flexibility index (Phi) is 3.55. The highest BCUT2D eigenvalue weighted by molar-refractivity contribution is 5.91. The molecular formula is C16H15N3O2. The minimum Gasteiger partial charge on any atom is -0.497 e. The summed E-state index contributed by atoms with van der Waals surface area (Å²) in [4.78, 5) is 8.59. The summed E-state index contributed by atoms with van der Waals surface area (Å²) in [6.07, 6.45) is 1.53. The van der Waals surface area contributed by atoms with Crippen molar-refractivity contribution in [1.29, 1.82) is 0 Å². The monoisotopic (exact) mass is 281 g/mol. The molecule has 0 atom stereocenters. The second-order valence-electron chi connectivity index (χ2n) is 4.43. The summed E-state index contributed by atoms with van der Waals surface area (Å²) in [7, 11) is 3.28. The van der Waals surface area contributed by atoms with E-state index in [9.17, 15) is 0 Å². The summed E-state index contributed by atoms with van der Waals surface area (Å²) in [6, 6.07) is 13.4. The molecule has 0 amide bonds. The number of fused-ring (bicyclic) bond motifs is 1. The van der Waals surface area contributed by atoms with Gasteiger partial charge in [0.15, 0.2) is 0 Å². The average molecular weight is 281 g/mol. The Morgan fingerprint density at radius 3 is 2.62 bits per heavy atom. The largest absolute Gasteiger partial charge is 0.497 e. The van der Waals surface area contributed by atoms with Crippen LogP contribution in [0.5, 0.6) is 11.5 Å². The molecule has 1 heterocycles. The molecule has 106 valence electrons. The van der Waals surface area contributed by atoms with Gasteiger partial charge in [0.1, 0.15) is 23.6 Å². The maximum absolute atomic E-state index is 5.34. The van der Waals surface area contributed by atoms with E-state index in [-0.39, 0.29) is 0 Å². The van der Waals surface area contributed by atoms with E-state index in [1.165, 1.54) is 6.33 Å². The molecule has 1 aromatic heterocycles. The number of anilines is 2. The summed E-state index contributed by atoms with van der Waals surface area (Å²) in [5, 5.41) is 4.21. The molecule has 0 aliphatic heterocycles. The molecule has 0 saturated carbocycles. The zero-order chi connectivity index (χ0) is 14.7. The van der Waals surface area contributed by atoms with Crippen LogP contribution in [0.25, 0.3) is 10.9 Å². The second kappa shape index (κ2) is 5.66. The van der Waals surface area contributed by atoms with Crippen LogP contribution < -0.4 is 14.8 Å². The van der Waals surface area contributed by atoms with Crippen molar-refractivity contribution in [3.05, 3.63) is 48.8 Å². The molecule has 0 unspecified atom stereocenters. The van der Waals surface area contributed by atoms with Crippen molar-refractivity contribution in [2.45, 2.75) is 0 Å². The van der Waals surface area contributed by atoms with Crippen LogP contribution in [0, 0.1) is 0 Å². The van der Waals surface area contributed by atoms with E-state index in [1.807, 2.05) is 42.5 Å². The Balaban J connectivity index is 2.04. The molecule has 3 aromatic rings. The van der Waals surface area contributed by atoms with Crippen molar-refractivity contribution in [3.63, 3.8) is 0 Å². The van der Waals surface area contributed by atoms with E-state index in [0.29, 0.717) is 0 Å². The van der Waals surface area contributed by atoms with Gasteiger partial charge in [0.25, 0.3) is 0 Å². The summed E-state index contributed by atoms with van der Waals surface area (Å²) in [5.41, 5.74) is 1.68. The molecule has 0 aliphatic carbocycles. The number of nitrogens with zero attached hydrogens (tertiary/aromatic N) is 2. The summed E-state index contributed by atoms with van der Waals surface area (Å²) >= 11 is 0. The lowest BCUT2D eigenvalue weighted by Crippen LogP contribution is -1.98. The van der Waals surface area contributed by atoms with Gasteiger partial charge in [-0.3, -0.25) is 0 Å². The van der Waals surface area contributed by atoms with Gasteiger partial charge in [-0.1, -0.05) is 12.1 Å². The zero-order valence-electron chi connectivity index (χ0n) is 11.8. The van der Waals surface area contributed by atoms with Crippen molar-refractivity contribution in [3.8, 4) is 11.5 Å². The number of nitrogens with one attached hydrogen (secondary N) is 1. The summed E-state index contributed by atoms with van der Waals surface area (Å²) in [6.45, 7) is 0. The van der Waals surface area contributed by atoms with Crippen LogP contribution >= 0.6 is 0 Å². The fraction of sp³-hybridized carbons (Fsp3) is 0.125. The van der Waals surface area contributed by atoms with Gasteiger partial charge in [0.05, 0.1) is 25.4 Å². The SMILES string of the molecule is COc1ccc2c(Nc3ccccc3OC)ncnc2c1. The predicted octanol–water partition coefficient (Wildman–Crippen LogP) is 3.39. The minimum absolute atomic E-state index is 0.729. The van der Waals surface area contributed by atoms with Crippen LogP contribution in [0.4, 0.5) is 11.5 Å². The normalized spacial score (nSPS) is 10.4. The third kappa shape index (κ3) is 2.58. The first-order chi connectivity index (χ1) is 10.3. The minimum atomic E-state index is 0.729. The van der Waals surface area contributed by atoms with Gasteiger partial charge in [0, 0.05) is 11.5 Å². The predicted molar refractivity (Wildman–Crippen MR) is 82.4 cm³/mol. The molecular weight excluding hydrogens is 266 g/mol. The molecule has 1 N–H and O–H groups in total. The highest BCUT2D eigenvalue weighted by Gasteiger charge is 2.08. The molecule has 3 rings (SSSR count). The Labute approximate surface area is 122 Å². The lowest BCUT2D eigenvalue weighted by molar-refractivity contribution is 0.415. The van der Waals surface area contributed by atoms with Crippen LogP contribution in [0.3, 0.4) is 0 Å². The average Bonchev–Trinajstić information content (AvgIpc) is 2.55. The molecule has 5 heteroatoms. The van der Waals surface area contributed by atoms with Gasteiger partial charge in [0.2, 0.25) is 0 Å². The Morgan fingerprint density at radius 1 is 0.952 bits per heavy atom.